The van der Waals surface area contributed by atoms with Crippen molar-refractivity contribution in [3.8, 4) is 0 Å². The fourth-order valence-electron chi connectivity index (χ4n) is 3.04. The van der Waals surface area contributed by atoms with Crippen LogP contribution in [0.4, 0.5) is 0 Å². The molecule has 1 atom stereocenters. The van der Waals surface area contributed by atoms with E-state index < -0.39 is 0 Å². The van der Waals surface area contributed by atoms with E-state index in [1.807, 2.05) is 0 Å². The summed E-state index contributed by atoms with van der Waals surface area (Å²) >= 11 is 0. The van der Waals surface area contributed by atoms with E-state index in [1.54, 1.807) is 12.1 Å². The predicted octanol–water partition coefficient (Wildman–Crippen LogP) is 2.05. The van der Waals surface area contributed by atoms with Crippen LogP contribution in [0.5, 0.6) is 0 Å². The van der Waals surface area contributed by atoms with Crippen molar-refractivity contribution in [1.82, 2.24) is 0 Å². The summed E-state index contributed by atoms with van der Waals surface area (Å²) in [5.41, 5.74) is 0.244. The molecule has 0 saturated carbocycles. The van der Waals surface area contributed by atoms with Crippen LogP contribution in [0, 0.1) is 0 Å². The van der Waals surface area contributed by atoms with Gasteiger partial charge in [0.2, 0.25) is 0 Å². The first-order valence-electron chi connectivity index (χ1n) is 6.77. The standard InChI is InChI=1S/C13H23NSi2/c1-2-3-7-13(12-15-10-11-16-12)8-5-4-6-9-14-13/h4-6,8-9,12H,2-3,7,10-11,15-16H2,1H3. The van der Waals surface area contributed by atoms with E-state index in [4.69, 9.17) is 4.99 Å². The number of allylic oxidation sites excluding steroid dienone is 3. The monoisotopic (exact) mass is 249 g/mol. The molecule has 3 heteroatoms. The Morgan fingerprint density at radius 2 is 2.06 bits per heavy atom. The van der Waals surface area contributed by atoms with Gasteiger partial charge in [-0.05, 0) is 17.7 Å². The largest absolute Gasteiger partial charge is 0.283 e. The van der Waals surface area contributed by atoms with Gasteiger partial charge in [-0.2, -0.15) is 0 Å². The van der Waals surface area contributed by atoms with Crippen LogP contribution < -0.4 is 0 Å². The number of rotatable bonds is 4. The van der Waals surface area contributed by atoms with Gasteiger partial charge in [0.05, 0.1) is 5.54 Å². The number of nitrogens with zero attached hydrogens (tertiary/aromatic N) is 1. The molecule has 0 aromatic rings. The maximum Gasteiger partial charge on any atom is 0.0761 e. The van der Waals surface area contributed by atoms with Gasteiger partial charge >= 0.3 is 0 Å². The molecule has 0 N–H and O–H groups in total. The average molecular weight is 250 g/mol. The summed E-state index contributed by atoms with van der Waals surface area (Å²) in [5, 5.41) is 1.06. The van der Waals surface area contributed by atoms with Crippen molar-refractivity contribution in [1.29, 1.82) is 0 Å². The third-order valence-corrected chi connectivity index (χ3v) is 12.1. The fraction of sp³-hybridized carbons (Fsp3) is 0.615. The van der Waals surface area contributed by atoms with Crippen LogP contribution in [0.15, 0.2) is 29.3 Å². The van der Waals surface area contributed by atoms with Crippen molar-refractivity contribution < 1.29 is 0 Å². The molecule has 2 aliphatic rings. The Balaban J connectivity index is 2.16. The summed E-state index contributed by atoms with van der Waals surface area (Å²) in [5.74, 6) is 0. The molecule has 0 bridgehead atoms. The maximum absolute atomic E-state index is 4.95. The van der Waals surface area contributed by atoms with Gasteiger partial charge in [-0.3, -0.25) is 4.99 Å². The minimum Gasteiger partial charge on any atom is -0.283 e. The molecule has 1 fully saturated rings. The molecule has 88 valence electrons. The van der Waals surface area contributed by atoms with Crippen LogP contribution in [-0.2, 0) is 0 Å². The fourth-order valence-corrected chi connectivity index (χ4v) is 11.1. The zero-order valence-corrected chi connectivity index (χ0v) is 13.2. The van der Waals surface area contributed by atoms with E-state index in [0.717, 1.165) is 5.16 Å². The van der Waals surface area contributed by atoms with Gasteiger partial charge in [0.15, 0.2) is 0 Å². The average Bonchev–Trinajstić information content (AvgIpc) is 2.74. The highest BCUT2D eigenvalue weighted by atomic mass is 28.3. The summed E-state index contributed by atoms with van der Waals surface area (Å²) in [4.78, 5) is 4.95. The second kappa shape index (κ2) is 5.78. The topological polar surface area (TPSA) is 12.4 Å². The molecule has 0 aromatic heterocycles. The third kappa shape index (κ3) is 2.63. The Labute approximate surface area is 104 Å². The van der Waals surface area contributed by atoms with E-state index in [0.29, 0.717) is 0 Å². The van der Waals surface area contributed by atoms with Crippen molar-refractivity contribution in [3.05, 3.63) is 24.3 Å². The van der Waals surface area contributed by atoms with E-state index in [-0.39, 0.29) is 24.6 Å². The Hall–Kier alpha value is -0.416. The van der Waals surface area contributed by atoms with Crippen molar-refractivity contribution in [3.63, 3.8) is 0 Å². The normalized spacial score (nSPS) is 36.2. The van der Waals surface area contributed by atoms with Gasteiger partial charge < -0.3 is 0 Å². The molecule has 2 rings (SSSR count). The molecule has 0 radical (unpaired) electrons. The van der Waals surface area contributed by atoms with E-state index in [2.05, 4.69) is 37.4 Å². The van der Waals surface area contributed by atoms with Gasteiger partial charge in [0.1, 0.15) is 0 Å². The Morgan fingerprint density at radius 3 is 2.81 bits per heavy atom. The molecule has 1 unspecified atom stereocenters. The Morgan fingerprint density at radius 1 is 1.25 bits per heavy atom. The summed E-state index contributed by atoms with van der Waals surface area (Å²) in [7, 11) is 0.362. The van der Waals surface area contributed by atoms with Crippen LogP contribution in [0.1, 0.15) is 26.2 Å². The van der Waals surface area contributed by atoms with Crippen molar-refractivity contribution in [2.24, 2.45) is 4.99 Å². The summed E-state index contributed by atoms with van der Waals surface area (Å²) in [6, 6.07) is 3.20. The Kier molecular flexibility index (Phi) is 4.35. The van der Waals surface area contributed by atoms with Gasteiger partial charge in [0.25, 0.3) is 0 Å². The molecule has 1 nitrogen and oxygen atoms in total. The van der Waals surface area contributed by atoms with Crippen molar-refractivity contribution in [2.45, 2.75) is 49.0 Å². The van der Waals surface area contributed by atoms with E-state index >= 15 is 0 Å². The smallest absolute Gasteiger partial charge is 0.0761 e. The van der Waals surface area contributed by atoms with Gasteiger partial charge in [-0.1, -0.05) is 50.1 Å². The first-order valence-corrected chi connectivity index (χ1v) is 10.4. The van der Waals surface area contributed by atoms with Gasteiger partial charge in [-0.25, -0.2) is 0 Å². The quantitative estimate of drug-likeness (QED) is 0.676. The number of hydrogen-bond acceptors (Lipinski definition) is 1. The lowest BCUT2D eigenvalue weighted by molar-refractivity contribution is 0.491. The summed E-state index contributed by atoms with van der Waals surface area (Å²) in [6.07, 6.45) is 14.9. The molecule has 16 heavy (non-hydrogen) atoms. The molecule has 2 aliphatic heterocycles. The minimum absolute atomic E-state index is 0.181. The highest BCUT2D eigenvalue weighted by Gasteiger charge is 2.37. The minimum atomic E-state index is 0.181. The second-order valence-electron chi connectivity index (χ2n) is 5.10. The Bertz CT molecular complexity index is 285. The molecule has 1 saturated heterocycles. The molecule has 0 amide bonds. The number of hydrogen-bond donors (Lipinski definition) is 0. The van der Waals surface area contributed by atoms with Gasteiger partial charge in [0, 0.05) is 25.3 Å². The third-order valence-electron chi connectivity index (χ3n) is 4.00. The predicted molar refractivity (Wildman–Crippen MR) is 79.5 cm³/mol. The first kappa shape index (κ1) is 12.1. The summed E-state index contributed by atoms with van der Waals surface area (Å²) in [6.45, 7) is 2.29. The molecular formula is C13H23NSi2. The van der Waals surface area contributed by atoms with Crippen molar-refractivity contribution >= 4 is 25.3 Å². The highest BCUT2D eigenvalue weighted by molar-refractivity contribution is 6.65. The second-order valence-corrected chi connectivity index (χ2v) is 10.8. The van der Waals surface area contributed by atoms with Crippen molar-refractivity contribution in [2.75, 3.05) is 0 Å². The zero-order chi connectivity index (χ0) is 11.3. The van der Waals surface area contributed by atoms with Crippen LogP contribution in [0.3, 0.4) is 0 Å². The SMILES string of the molecule is CCCCC1(C2[SiH2]CC[SiH2]2)C=CC=CC=N1. The van der Waals surface area contributed by atoms with Crippen LogP contribution in [0.25, 0.3) is 0 Å². The van der Waals surface area contributed by atoms with E-state index in [9.17, 15) is 0 Å². The van der Waals surface area contributed by atoms with E-state index in [1.165, 1.54) is 19.3 Å². The van der Waals surface area contributed by atoms with Crippen LogP contribution >= 0.6 is 0 Å². The highest BCUT2D eigenvalue weighted by Crippen LogP contribution is 2.38. The van der Waals surface area contributed by atoms with Crippen LogP contribution in [-0.4, -0.2) is 30.8 Å². The molecule has 2 heterocycles. The first-order chi connectivity index (χ1) is 7.87. The molecule has 0 aliphatic carbocycles. The lowest BCUT2D eigenvalue weighted by Gasteiger charge is -2.32. The molecular weight excluding hydrogens is 226 g/mol. The number of aliphatic imine (C=N–C) groups is 1. The maximum atomic E-state index is 4.95. The van der Waals surface area contributed by atoms with Crippen LogP contribution in [0.2, 0.25) is 17.3 Å². The number of unbranched alkanes of at least 4 members (excludes halogenated alkanes) is 1. The molecule has 0 spiro atoms. The molecule has 0 aromatic carbocycles. The van der Waals surface area contributed by atoms with Gasteiger partial charge in [-0.15, -0.1) is 0 Å². The summed E-state index contributed by atoms with van der Waals surface area (Å²) < 4.78 is 0. The zero-order valence-electron chi connectivity index (χ0n) is 10.4. The lowest BCUT2D eigenvalue weighted by Crippen LogP contribution is -2.34. The lowest BCUT2D eigenvalue weighted by atomic mass is 9.94.